The summed E-state index contributed by atoms with van der Waals surface area (Å²) in [5, 5.41) is 15.5. The number of carbonyl (C=O) groups is 1. The van der Waals surface area contributed by atoms with Crippen LogP contribution in [-0.4, -0.2) is 17.1 Å². The highest BCUT2D eigenvalue weighted by molar-refractivity contribution is 7.11. The van der Waals surface area contributed by atoms with E-state index >= 15 is 0 Å². The van der Waals surface area contributed by atoms with Crippen molar-refractivity contribution in [3.05, 3.63) is 74.5 Å². The van der Waals surface area contributed by atoms with Crippen molar-refractivity contribution in [2.75, 3.05) is 0 Å². The summed E-state index contributed by atoms with van der Waals surface area (Å²) in [6.07, 6.45) is 5.99. The molecule has 7 nitrogen and oxygen atoms in total. The van der Waals surface area contributed by atoms with Gasteiger partial charge in [0.25, 0.3) is 5.91 Å². The molecule has 0 aliphatic heterocycles. The zero-order chi connectivity index (χ0) is 18.5. The summed E-state index contributed by atoms with van der Waals surface area (Å²) in [7, 11) is 0. The van der Waals surface area contributed by atoms with Crippen LogP contribution < -0.4 is 20.0 Å². The van der Waals surface area contributed by atoms with Crippen LogP contribution in [0.5, 0.6) is 5.75 Å². The number of hydrogen-bond donors (Lipinski definition) is 2. The van der Waals surface area contributed by atoms with E-state index in [2.05, 4.69) is 15.5 Å². The second-order valence-corrected chi connectivity index (χ2v) is 6.41. The molecule has 0 fully saturated rings. The number of aromatic nitrogens is 2. The Kier molecular flexibility index (Phi) is 5.23. The van der Waals surface area contributed by atoms with Crippen molar-refractivity contribution < 1.29 is 14.5 Å². The highest BCUT2D eigenvalue weighted by Crippen LogP contribution is 2.12. The van der Waals surface area contributed by atoms with E-state index in [1.807, 2.05) is 31.5 Å². The number of nitrogens with zero attached hydrogens (tertiary/aromatic N) is 2. The smallest absolute Gasteiger partial charge is 0.390 e. The van der Waals surface area contributed by atoms with E-state index < -0.39 is 5.91 Å². The van der Waals surface area contributed by atoms with E-state index in [4.69, 9.17) is 0 Å². The average molecular weight is 368 g/mol. The summed E-state index contributed by atoms with van der Waals surface area (Å²) in [4.78, 5) is 26.9. The molecule has 2 aromatic heterocycles. The van der Waals surface area contributed by atoms with E-state index in [0.29, 0.717) is 10.7 Å². The molecule has 0 radical (unpaired) electrons. The molecule has 0 unspecified atom stereocenters. The van der Waals surface area contributed by atoms with Crippen molar-refractivity contribution in [1.82, 2.24) is 10.4 Å². The van der Waals surface area contributed by atoms with Crippen LogP contribution in [0.2, 0.25) is 0 Å². The van der Waals surface area contributed by atoms with Gasteiger partial charge in [-0.3, -0.25) is 4.79 Å². The predicted octanol–water partition coefficient (Wildman–Crippen LogP) is 1.11. The largest absolute Gasteiger partial charge is 0.872 e. The molecule has 0 spiro atoms. The van der Waals surface area contributed by atoms with Crippen LogP contribution in [0.4, 0.5) is 0 Å². The highest BCUT2D eigenvalue weighted by atomic mass is 32.1. The minimum Gasteiger partial charge on any atom is -0.872 e. The summed E-state index contributed by atoms with van der Waals surface area (Å²) < 4.78 is 1.80. The average Bonchev–Trinajstić information content (AvgIpc) is 3.02. The molecule has 8 heteroatoms. The third-order valence-electron chi connectivity index (χ3n) is 3.66. The van der Waals surface area contributed by atoms with E-state index in [0.717, 1.165) is 23.3 Å². The Balaban J connectivity index is 1.82. The molecule has 0 aliphatic carbocycles. The second kappa shape index (κ2) is 7.75. The maximum atomic E-state index is 12.0. The van der Waals surface area contributed by atoms with E-state index in [1.165, 1.54) is 18.3 Å². The molecule has 0 bridgehead atoms. The number of rotatable bonds is 5. The van der Waals surface area contributed by atoms with Gasteiger partial charge >= 0.3 is 10.7 Å². The second-order valence-electron chi connectivity index (χ2n) is 5.40. The fraction of sp³-hybridized carbons (Fsp3) is 0.111. The maximum absolute atomic E-state index is 12.0. The SMILES string of the molecule is CCc1ccc[n+](-c2[nH]c(=O)sc2/C=N/NC(=O)c2ccccc2[O-])c1. The molecule has 0 saturated heterocycles. The number of pyridine rings is 1. The summed E-state index contributed by atoms with van der Waals surface area (Å²) in [6, 6.07) is 9.80. The van der Waals surface area contributed by atoms with Crippen molar-refractivity contribution in [1.29, 1.82) is 0 Å². The summed E-state index contributed by atoms with van der Waals surface area (Å²) in [6.45, 7) is 2.04. The zero-order valence-electron chi connectivity index (χ0n) is 13.9. The summed E-state index contributed by atoms with van der Waals surface area (Å²) in [5.74, 6) is -0.409. The van der Waals surface area contributed by atoms with Crippen LogP contribution in [0.25, 0.3) is 5.82 Å². The van der Waals surface area contributed by atoms with Crippen LogP contribution in [0.3, 0.4) is 0 Å². The first-order valence-electron chi connectivity index (χ1n) is 7.91. The Morgan fingerprint density at radius 2 is 2.15 bits per heavy atom. The molecular weight excluding hydrogens is 352 g/mol. The lowest BCUT2D eigenvalue weighted by Gasteiger charge is -2.10. The topological polar surface area (TPSA) is 101 Å². The third-order valence-corrected chi connectivity index (χ3v) is 4.47. The van der Waals surface area contributed by atoms with Crippen LogP contribution in [-0.2, 0) is 6.42 Å². The molecule has 1 amide bonds. The van der Waals surface area contributed by atoms with Gasteiger partial charge in [0.1, 0.15) is 4.88 Å². The molecule has 3 aromatic rings. The summed E-state index contributed by atoms with van der Waals surface area (Å²) in [5.41, 5.74) is 3.44. The van der Waals surface area contributed by atoms with Gasteiger partial charge in [-0.15, -0.1) is 0 Å². The molecule has 26 heavy (non-hydrogen) atoms. The number of nitrogens with one attached hydrogen (secondary N) is 2. The van der Waals surface area contributed by atoms with Gasteiger partial charge in [-0.1, -0.05) is 43.0 Å². The number of aromatic amines is 1. The lowest BCUT2D eigenvalue weighted by atomic mass is 10.2. The lowest BCUT2D eigenvalue weighted by Crippen LogP contribution is -2.32. The Hall–Kier alpha value is -3.26. The van der Waals surface area contributed by atoms with Gasteiger partial charge in [0.15, 0.2) is 0 Å². The monoisotopic (exact) mass is 368 g/mol. The standard InChI is InChI=1S/C18H16N4O3S/c1-2-12-6-5-9-22(11-12)16-15(26-18(25)20-16)10-19-21-17(24)13-7-3-4-8-14(13)23/h3-11H,2H2,1H3,(H2-,19,20,21,23,24,25). The van der Waals surface area contributed by atoms with Gasteiger partial charge < -0.3 is 5.11 Å². The quantitative estimate of drug-likeness (QED) is 0.401. The molecule has 1 aromatic carbocycles. The maximum Gasteiger partial charge on any atom is 0.390 e. The van der Waals surface area contributed by atoms with E-state index in [1.54, 1.807) is 16.7 Å². The molecule has 132 valence electrons. The lowest BCUT2D eigenvalue weighted by molar-refractivity contribution is -0.599. The van der Waals surface area contributed by atoms with Gasteiger partial charge in [-0.2, -0.15) is 10.1 Å². The Morgan fingerprint density at radius 1 is 1.35 bits per heavy atom. The van der Waals surface area contributed by atoms with Crippen molar-refractivity contribution in [2.24, 2.45) is 5.10 Å². The van der Waals surface area contributed by atoms with Crippen LogP contribution in [0.15, 0.2) is 58.7 Å². The summed E-state index contributed by atoms with van der Waals surface area (Å²) >= 11 is 0.979. The van der Waals surface area contributed by atoms with Crippen molar-refractivity contribution in [3.63, 3.8) is 0 Å². The number of para-hydroxylation sites is 1. The number of benzene rings is 1. The Bertz CT molecular complexity index is 1020. The van der Waals surface area contributed by atoms with Gasteiger partial charge in [0.2, 0.25) is 0 Å². The van der Waals surface area contributed by atoms with E-state index in [9.17, 15) is 14.7 Å². The molecular formula is C18H16N4O3S. The third kappa shape index (κ3) is 3.86. The van der Waals surface area contributed by atoms with Crippen molar-refractivity contribution in [2.45, 2.75) is 13.3 Å². The fourth-order valence-corrected chi connectivity index (χ4v) is 3.05. The zero-order valence-corrected chi connectivity index (χ0v) is 14.7. The first-order valence-corrected chi connectivity index (χ1v) is 8.73. The first kappa shape index (κ1) is 17.6. The fourth-order valence-electron chi connectivity index (χ4n) is 2.35. The number of carbonyl (C=O) groups excluding carboxylic acids is 1. The Morgan fingerprint density at radius 3 is 2.92 bits per heavy atom. The number of amides is 1. The normalized spacial score (nSPS) is 11.0. The van der Waals surface area contributed by atoms with E-state index in [-0.39, 0.29) is 16.2 Å². The first-order chi connectivity index (χ1) is 12.6. The van der Waals surface area contributed by atoms with Gasteiger partial charge in [0.05, 0.1) is 18.6 Å². The molecule has 2 N–H and O–H groups in total. The van der Waals surface area contributed by atoms with Crippen molar-refractivity contribution in [3.8, 4) is 11.6 Å². The number of H-pyrrole nitrogens is 1. The number of thiazole rings is 1. The van der Waals surface area contributed by atoms with Crippen LogP contribution in [0, 0.1) is 0 Å². The van der Waals surface area contributed by atoms with Gasteiger partial charge in [0, 0.05) is 5.56 Å². The molecule has 3 rings (SSSR count). The number of aryl methyl sites for hydroxylation is 1. The molecule has 0 saturated carbocycles. The minimum atomic E-state index is -0.600. The minimum absolute atomic E-state index is 0.0113. The van der Waals surface area contributed by atoms with Gasteiger partial charge in [-0.25, -0.2) is 14.8 Å². The highest BCUT2D eigenvalue weighted by Gasteiger charge is 2.16. The van der Waals surface area contributed by atoms with Gasteiger partial charge in [-0.05, 0) is 29.4 Å². The van der Waals surface area contributed by atoms with Crippen LogP contribution >= 0.6 is 11.3 Å². The Labute approximate surface area is 153 Å². The number of hydrogen-bond acceptors (Lipinski definition) is 5. The predicted molar refractivity (Wildman–Crippen MR) is 96.8 cm³/mol. The number of hydrazone groups is 1. The molecule has 0 aliphatic rings. The molecule has 0 atom stereocenters. The van der Waals surface area contributed by atoms with Crippen molar-refractivity contribution >= 4 is 23.5 Å². The molecule has 2 heterocycles. The van der Waals surface area contributed by atoms with Crippen LogP contribution in [0.1, 0.15) is 27.7 Å².